The van der Waals surface area contributed by atoms with E-state index in [-0.39, 0.29) is 36.9 Å². The monoisotopic (exact) mass is 760 g/mol. The van der Waals surface area contributed by atoms with Crippen LogP contribution in [-0.2, 0) is 26.2 Å². The summed E-state index contributed by atoms with van der Waals surface area (Å²) in [4.78, 5) is 4.71. The molecule has 0 spiro atoms. The molecule has 14 nitrogen and oxygen atoms in total. The zero-order valence-corrected chi connectivity index (χ0v) is 31.9. The van der Waals surface area contributed by atoms with Gasteiger partial charge in [-0.05, 0) is 119 Å². The molecule has 2 unspecified atom stereocenters. The van der Waals surface area contributed by atoms with Crippen molar-refractivity contribution < 1.29 is 23.3 Å². The zero-order valence-electron chi connectivity index (χ0n) is 31.9. The molecule has 2 atom stereocenters. The van der Waals surface area contributed by atoms with Crippen molar-refractivity contribution in [2.24, 2.45) is 0 Å². The fourth-order valence-electron chi connectivity index (χ4n) is 7.32. The lowest BCUT2D eigenvalue weighted by Crippen LogP contribution is -2.38. The summed E-state index contributed by atoms with van der Waals surface area (Å²) < 4.78 is 39.5. The van der Waals surface area contributed by atoms with Gasteiger partial charge in [0.25, 0.3) is 0 Å². The maximum atomic E-state index is 13.2. The summed E-state index contributed by atoms with van der Waals surface area (Å²) in [5.74, 6) is 4.76. The van der Waals surface area contributed by atoms with Gasteiger partial charge in [-0.1, -0.05) is 42.5 Å². The van der Waals surface area contributed by atoms with Gasteiger partial charge < -0.3 is 18.9 Å². The molecule has 0 saturated carbocycles. The number of fused-ring (bicyclic) bond motifs is 3. The Morgan fingerprint density at radius 1 is 0.607 bits per heavy atom. The Bertz CT molecular complexity index is 2210. The summed E-state index contributed by atoms with van der Waals surface area (Å²) >= 11 is 0. The van der Waals surface area contributed by atoms with Crippen molar-refractivity contribution in [3.63, 3.8) is 0 Å². The third-order valence-corrected chi connectivity index (χ3v) is 9.79. The molecule has 4 aromatic carbocycles. The van der Waals surface area contributed by atoms with Crippen LogP contribution in [0.2, 0.25) is 0 Å². The SMILES string of the molecule is CC(C)Oc1ccc(C2c3nnnn3CCN2Cc2ccc(F)cc2)cc1.CC(C)Oc1ccc(C2c3nnnn3CCN2Cc2ccc3c(c2)OCO3)cc1. The average molecular weight is 761 g/mol. The molecule has 0 N–H and O–H groups in total. The number of aromatic nitrogens is 8. The molecule has 5 heterocycles. The van der Waals surface area contributed by atoms with Gasteiger partial charge in [-0.15, -0.1) is 10.2 Å². The Kier molecular flexibility index (Phi) is 10.9. The van der Waals surface area contributed by atoms with Crippen molar-refractivity contribution in [2.75, 3.05) is 19.9 Å². The van der Waals surface area contributed by atoms with E-state index in [1.807, 2.05) is 79.5 Å². The maximum Gasteiger partial charge on any atom is 0.231 e. The Hall–Kier alpha value is -5.93. The molecule has 0 saturated heterocycles. The van der Waals surface area contributed by atoms with E-state index in [4.69, 9.17) is 18.9 Å². The second kappa shape index (κ2) is 16.4. The van der Waals surface area contributed by atoms with Crippen molar-refractivity contribution >= 4 is 0 Å². The van der Waals surface area contributed by atoms with Gasteiger partial charge in [0.15, 0.2) is 23.1 Å². The first-order valence-electron chi connectivity index (χ1n) is 18.9. The summed E-state index contributed by atoms with van der Waals surface area (Å²) in [6.07, 6.45) is 0.276. The van der Waals surface area contributed by atoms with Gasteiger partial charge in [-0.2, -0.15) is 0 Å². The molecule has 290 valence electrons. The van der Waals surface area contributed by atoms with Gasteiger partial charge in [0.1, 0.15) is 17.3 Å². The third-order valence-electron chi connectivity index (χ3n) is 9.79. The van der Waals surface area contributed by atoms with E-state index in [1.54, 1.807) is 0 Å². The number of hydrogen-bond acceptors (Lipinski definition) is 12. The summed E-state index contributed by atoms with van der Waals surface area (Å²) in [6, 6.07) is 28.9. The highest BCUT2D eigenvalue weighted by atomic mass is 19.1. The smallest absolute Gasteiger partial charge is 0.231 e. The lowest BCUT2D eigenvalue weighted by molar-refractivity contribution is 0.163. The molecule has 3 aliphatic heterocycles. The third kappa shape index (κ3) is 8.33. The van der Waals surface area contributed by atoms with Crippen LogP contribution in [0.5, 0.6) is 23.0 Å². The first-order valence-corrected chi connectivity index (χ1v) is 18.9. The van der Waals surface area contributed by atoms with Crippen molar-refractivity contribution in [2.45, 2.75) is 78.2 Å². The highest BCUT2D eigenvalue weighted by Crippen LogP contribution is 2.36. The van der Waals surface area contributed by atoms with Crippen LogP contribution in [0.25, 0.3) is 0 Å². The topological polar surface area (TPSA) is 131 Å². The van der Waals surface area contributed by atoms with Crippen LogP contribution in [0.4, 0.5) is 4.39 Å². The first-order chi connectivity index (χ1) is 27.3. The van der Waals surface area contributed by atoms with Gasteiger partial charge in [-0.3, -0.25) is 9.80 Å². The Balaban J connectivity index is 0.000000158. The fourth-order valence-corrected chi connectivity index (χ4v) is 7.32. The van der Waals surface area contributed by atoms with Gasteiger partial charge in [0, 0.05) is 26.2 Å². The molecule has 2 aromatic heterocycles. The van der Waals surface area contributed by atoms with Gasteiger partial charge in [0.05, 0.1) is 37.4 Å². The lowest BCUT2D eigenvalue weighted by atomic mass is 10.0. The van der Waals surface area contributed by atoms with Crippen LogP contribution in [0.3, 0.4) is 0 Å². The van der Waals surface area contributed by atoms with E-state index in [1.165, 1.54) is 17.7 Å². The molecule has 0 amide bonds. The molecule has 9 rings (SSSR count). The number of rotatable bonds is 10. The average Bonchev–Trinajstić information content (AvgIpc) is 3.98. The molecule has 56 heavy (non-hydrogen) atoms. The molecule has 15 heteroatoms. The van der Waals surface area contributed by atoms with E-state index in [2.05, 4.69) is 77.2 Å². The molecular formula is C41H45FN10O4. The minimum Gasteiger partial charge on any atom is -0.491 e. The minimum absolute atomic E-state index is 0.0303. The van der Waals surface area contributed by atoms with Crippen molar-refractivity contribution in [3.8, 4) is 23.0 Å². The van der Waals surface area contributed by atoms with Crippen LogP contribution in [0.15, 0.2) is 91.0 Å². The van der Waals surface area contributed by atoms with Crippen molar-refractivity contribution in [3.05, 3.63) is 131 Å². The minimum atomic E-state index is -0.223. The van der Waals surface area contributed by atoms with E-state index in [0.717, 1.165) is 84.1 Å². The Morgan fingerprint density at radius 2 is 1.09 bits per heavy atom. The number of benzene rings is 4. The predicted octanol–water partition coefficient (Wildman–Crippen LogP) is 6.00. The fraction of sp³-hybridized carbons (Fsp3) is 0.366. The summed E-state index contributed by atoms with van der Waals surface area (Å²) in [6.45, 7) is 13.0. The Labute approximate surface area is 324 Å². The second-order valence-corrected chi connectivity index (χ2v) is 14.6. The van der Waals surface area contributed by atoms with Crippen LogP contribution < -0.4 is 18.9 Å². The normalized spacial score (nSPS) is 17.6. The van der Waals surface area contributed by atoms with Gasteiger partial charge in [-0.25, -0.2) is 13.8 Å². The summed E-state index contributed by atoms with van der Waals surface area (Å²) in [5, 5.41) is 24.6. The maximum absolute atomic E-state index is 13.2. The van der Waals surface area contributed by atoms with Crippen LogP contribution in [0, 0.1) is 5.82 Å². The van der Waals surface area contributed by atoms with E-state index in [0.29, 0.717) is 6.54 Å². The molecule has 6 aromatic rings. The molecule has 3 aliphatic rings. The Morgan fingerprint density at radius 3 is 1.61 bits per heavy atom. The quantitative estimate of drug-likeness (QED) is 0.162. The number of ether oxygens (including phenoxy) is 4. The van der Waals surface area contributed by atoms with Crippen LogP contribution in [-0.4, -0.2) is 82.3 Å². The number of nitrogens with zero attached hydrogens (tertiary/aromatic N) is 10. The second-order valence-electron chi connectivity index (χ2n) is 14.6. The lowest BCUT2D eigenvalue weighted by Gasteiger charge is -2.35. The molecule has 0 aliphatic carbocycles. The van der Waals surface area contributed by atoms with E-state index < -0.39 is 0 Å². The standard InChI is InChI=1S/C21H23N5O3.C20H22FN5O/c1-14(2)29-17-6-4-16(5-7-17)20-21-22-23-24-26(21)10-9-25(20)12-15-3-8-18-19(11-15)28-13-27-18;1-14(2)27-18-9-5-16(6-10-18)19-20-22-23-24-26(20)12-11-25(19)13-15-3-7-17(21)8-4-15/h3-8,11,14,20H,9-10,12-13H2,1-2H3;3-10,14,19H,11-13H2,1-2H3. The predicted molar refractivity (Wildman–Crippen MR) is 204 cm³/mol. The van der Waals surface area contributed by atoms with Gasteiger partial charge >= 0.3 is 0 Å². The summed E-state index contributed by atoms with van der Waals surface area (Å²) in [7, 11) is 0. The number of tetrazole rings is 2. The van der Waals surface area contributed by atoms with Crippen molar-refractivity contribution in [1.82, 2.24) is 50.2 Å². The van der Waals surface area contributed by atoms with Gasteiger partial charge in [0.2, 0.25) is 6.79 Å². The van der Waals surface area contributed by atoms with E-state index in [9.17, 15) is 4.39 Å². The zero-order chi connectivity index (χ0) is 38.6. The summed E-state index contributed by atoms with van der Waals surface area (Å²) in [5.41, 5.74) is 4.46. The highest BCUT2D eigenvalue weighted by Gasteiger charge is 2.33. The molecular weight excluding hydrogens is 716 g/mol. The molecule has 0 radical (unpaired) electrons. The molecule has 0 bridgehead atoms. The van der Waals surface area contributed by atoms with Crippen LogP contribution >= 0.6 is 0 Å². The van der Waals surface area contributed by atoms with E-state index >= 15 is 0 Å². The highest BCUT2D eigenvalue weighted by molar-refractivity contribution is 5.44. The number of halogens is 1. The first kappa shape index (κ1) is 37.0. The van der Waals surface area contributed by atoms with Crippen LogP contribution in [0.1, 0.15) is 73.7 Å². The molecule has 0 fully saturated rings. The number of hydrogen-bond donors (Lipinski definition) is 0. The largest absolute Gasteiger partial charge is 0.491 e. The van der Waals surface area contributed by atoms with Crippen molar-refractivity contribution in [1.29, 1.82) is 0 Å².